The summed E-state index contributed by atoms with van der Waals surface area (Å²) in [6.45, 7) is 6.92. The van der Waals surface area contributed by atoms with Gasteiger partial charge in [0.1, 0.15) is 5.75 Å². The van der Waals surface area contributed by atoms with Crippen molar-refractivity contribution in [3.8, 4) is 5.75 Å². The Hall–Kier alpha value is -2.37. The van der Waals surface area contributed by atoms with Crippen LogP contribution in [0.15, 0.2) is 42.5 Å². The van der Waals surface area contributed by atoms with E-state index < -0.39 is 0 Å². The monoisotopic (exact) mass is 368 g/mol. The normalized spacial score (nSPS) is 14.7. The van der Waals surface area contributed by atoms with Crippen LogP contribution in [-0.2, 0) is 29.0 Å². The van der Waals surface area contributed by atoms with Gasteiger partial charge in [0.2, 0.25) is 5.91 Å². The fourth-order valence-electron chi connectivity index (χ4n) is 3.36. The van der Waals surface area contributed by atoms with Gasteiger partial charge < -0.3 is 14.8 Å². The first-order chi connectivity index (χ1) is 13.2. The van der Waals surface area contributed by atoms with Gasteiger partial charge in [-0.3, -0.25) is 9.69 Å². The van der Waals surface area contributed by atoms with Crippen molar-refractivity contribution in [3.05, 3.63) is 64.7 Å². The van der Waals surface area contributed by atoms with Crippen molar-refractivity contribution in [3.63, 3.8) is 0 Å². The third kappa shape index (κ3) is 5.55. The van der Waals surface area contributed by atoms with Crippen LogP contribution < -0.4 is 10.1 Å². The van der Waals surface area contributed by atoms with E-state index in [1.807, 2.05) is 31.2 Å². The van der Waals surface area contributed by atoms with Gasteiger partial charge in [-0.15, -0.1) is 0 Å². The second kappa shape index (κ2) is 9.53. The molecule has 27 heavy (non-hydrogen) atoms. The van der Waals surface area contributed by atoms with Crippen molar-refractivity contribution >= 4 is 5.91 Å². The van der Waals surface area contributed by atoms with Gasteiger partial charge in [-0.1, -0.05) is 42.0 Å². The van der Waals surface area contributed by atoms with Gasteiger partial charge >= 0.3 is 0 Å². The maximum atomic E-state index is 12.5. The van der Waals surface area contributed by atoms with E-state index in [0.717, 1.165) is 55.3 Å². The molecule has 1 N–H and O–H groups in total. The van der Waals surface area contributed by atoms with Crippen molar-refractivity contribution < 1.29 is 14.3 Å². The lowest BCUT2D eigenvalue weighted by Gasteiger charge is -2.27. The Morgan fingerprint density at radius 2 is 1.85 bits per heavy atom. The zero-order valence-electron chi connectivity index (χ0n) is 16.2. The van der Waals surface area contributed by atoms with Crippen LogP contribution in [0, 0.1) is 6.92 Å². The Morgan fingerprint density at radius 3 is 2.59 bits per heavy atom. The number of nitrogens with zero attached hydrogens (tertiary/aromatic N) is 1. The fraction of sp³-hybridized carbons (Fsp3) is 0.409. The number of aryl methyl sites for hydroxylation is 1. The van der Waals surface area contributed by atoms with Crippen molar-refractivity contribution in [2.75, 3.05) is 33.4 Å². The Balaban J connectivity index is 1.60. The number of rotatable bonds is 7. The average molecular weight is 368 g/mol. The van der Waals surface area contributed by atoms with E-state index in [1.165, 1.54) is 5.56 Å². The summed E-state index contributed by atoms with van der Waals surface area (Å²) >= 11 is 0. The average Bonchev–Trinajstić information content (AvgIpc) is 2.68. The number of carbonyl (C=O) groups is 1. The van der Waals surface area contributed by atoms with Crippen molar-refractivity contribution in [2.45, 2.75) is 26.4 Å². The maximum Gasteiger partial charge on any atom is 0.224 e. The number of amides is 1. The molecule has 2 aromatic rings. The number of morpholine rings is 1. The van der Waals surface area contributed by atoms with Crippen LogP contribution in [-0.4, -0.2) is 44.2 Å². The van der Waals surface area contributed by atoms with Gasteiger partial charge in [-0.25, -0.2) is 0 Å². The van der Waals surface area contributed by atoms with Gasteiger partial charge in [0.05, 0.1) is 26.7 Å². The SMILES string of the molecule is COc1ccc(C)cc1CC(=O)NCc1ccccc1CN1CCOCC1. The Kier molecular flexibility index (Phi) is 6.85. The summed E-state index contributed by atoms with van der Waals surface area (Å²) in [5.74, 6) is 0.753. The van der Waals surface area contributed by atoms with Gasteiger partial charge in [0, 0.05) is 31.7 Å². The summed E-state index contributed by atoms with van der Waals surface area (Å²) < 4.78 is 10.8. The molecule has 1 saturated heterocycles. The molecule has 0 aromatic heterocycles. The molecule has 3 rings (SSSR count). The molecule has 0 radical (unpaired) electrons. The van der Waals surface area contributed by atoms with E-state index in [9.17, 15) is 4.79 Å². The van der Waals surface area contributed by atoms with Crippen LogP contribution in [0.1, 0.15) is 22.3 Å². The van der Waals surface area contributed by atoms with E-state index in [1.54, 1.807) is 7.11 Å². The molecule has 144 valence electrons. The second-order valence-electron chi connectivity index (χ2n) is 6.93. The number of hydrogen-bond acceptors (Lipinski definition) is 4. The van der Waals surface area contributed by atoms with Gasteiger partial charge in [0.15, 0.2) is 0 Å². The van der Waals surface area contributed by atoms with Gasteiger partial charge in [-0.05, 0) is 24.1 Å². The van der Waals surface area contributed by atoms with Crippen molar-refractivity contribution in [1.82, 2.24) is 10.2 Å². The highest BCUT2D eigenvalue weighted by Crippen LogP contribution is 2.20. The van der Waals surface area contributed by atoms with Crippen LogP contribution in [0.25, 0.3) is 0 Å². The van der Waals surface area contributed by atoms with Crippen LogP contribution in [0.3, 0.4) is 0 Å². The molecule has 1 aliphatic rings. The summed E-state index contributed by atoms with van der Waals surface area (Å²) in [4.78, 5) is 14.9. The Labute approximate surface area is 161 Å². The highest BCUT2D eigenvalue weighted by Gasteiger charge is 2.14. The quantitative estimate of drug-likeness (QED) is 0.816. The van der Waals surface area contributed by atoms with Gasteiger partial charge in [-0.2, -0.15) is 0 Å². The summed E-state index contributed by atoms with van der Waals surface area (Å²) in [6, 6.07) is 14.2. The first-order valence-corrected chi connectivity index (χ1v) is 9.43. The lowest BCUT2D eigenvalue weighted by Crippen LogP contribution is -2.36. The third-order valence-electron chi connectivity index (χ3n) is 4.88. The molecule has 1 heterocycles. The van der Waals surface area contributed by atoms with Crippen LogP contribution >= 0.6 is 0 Å². The summed E-state index contributed by atoms with van der Waals surface area (Å²) in [6.07, 6.45) is 0.316. The molecule has 0 saturated carbocycles. The van der Waals surface area contributed by atoms with E-state index >= 15 is 0 Å². The standard InChI is InChI=1S/C22H28N2O3/c1-17-7-8-21(26-2)20(13-17)14-22(25)23-15-18-5-3-4-6-19(18)16-24-9-11-27-12-10-24/h3-8,13H,9-12,14-16H2,1-2H3,(H,23,25). The maximum absolute atomic E-state index is 12.5. The predicted octanol–water partition coefficient (Wildman–Crippen LogP) is 2.69. The minimum absolute atomic E-state index is 0.0000700. The number of methoxy groups -OCH3 is 1. The number of hydrogen-bond donors (Lipinski definition) is 1. The molecule has 1 fully saturated rings. The number of ether oxygens (including phenoxy) is 2. The zero-order valence-corrected chi connectivity index (χ0v) is 16.2. The minimum atomic E-state index is 0.0000700. The molecule has 0 aliphatic carbocycles. The predicted molar refractivity (Wildman–Crippen MR) is 106 cm³/mol. The second-order valence-corrected chi connectivity index (χ2v) is 6.93. The minimum Gasteiger partial charge on any atom is -0.496 e. The molecule has 1 amide bonds. The molecular weight excluding hydrogens is 340 g/mol. The molecular formula is C22H28N2O3. The largest absolute Gasteiger partial charge is 0.496 e. The Bertz CT molecular complexity index is 770. The zero-order chi connectivity index (χ0) is 19.1. The summed E-state index contributed by atoms with van der Waals surface area (Å²) in [5, 5.41) is 3.06. The van der Waals surface area contributed by atoms with Crippen molar-refractivity contribution in [2.24, 2.45) is 0 Å². The van der Waals surface area contributed by atoms with E-state index in [2.05, 4.69) is 28.4 Å². The first kappa shape index (κ1) is 19.4. The number of nitrogens with one attached hydrogen (secondary N) is 1. The van der Waals surface area contributed by atoms with Gasteiger partial charge in [0.25, 0.3) is 0 Å². The molecule has 0 atom stereocenters. The summed E-state index contributed by atoms with van der Waals surface area (Å²) in [7, 11) is 1.63. The molecule has 2 aromatic carbocycles. The molecule has 0 spiro atoms. The Morgan fingerprint density at radius 1 is 1.11 bits per heavy atom. The lowest BCUT2D eigenvalue weighted by atomic mass is 10.1. The smallest absolute Gasteiger partial charge is 0.224 e. The fourth-order valence-corrected chi connectivity index (χ4v) is 3.36. The molecule has 5 nitrogen and oxygen atoms in total. The van der Waals surface area contributed by atoms with Crippen molar-refractivity contribution in [1.29, 1.82) is 0 Å². The van der Waals surface area contributed by atoms with Crippen LogP contribution in [0.2, 0.25) is 0 Å². The van der Waals surface area contributed by atoms with E-state index in [-0.39, 0.29) is 5.91 Å². The molecule has 0 unspecified atom stereocenters. The summed E-state index contributed by atoms with van der Waals surface area (Å²) in [5.41, 5.74) is 4.45. The highest BCUT2D eigenvalue weighted by molar-refractivity contribution is 5.79. The van der Waals surface area contributed by atoms with Crippen LogP contribution in [0.5, 0.6) is 5.75 Å². The molecule has 5 heteroatoms. The highest BCUT2D eigenvalue weighted by atomic mass is 16.5. The number of benzene rings is 2. The topological polar surface area (TPSA) is 50.8 Å². The molecule has 1 aliphatic heterocycles. The molecule has 0 bridgehead atoms. The third-order valence-corrected chi connectivity index (χ3v) is 4.88. The van der Waals surface area contributed by atoms with E-state index in [4.69, 9.17) is 9.47 Å². The first-order valence-electron chi connectivity index (χ1n) is 9.43. The van der Waals surface area contributed by atoms with E-state index in [0.29, 0.717) is 13.0 Å². The lowest BCUT2D eigenvalue weighted by molar-refractivity contribution is -0.120. The van der Waals surface area contributed by atoms with Crippen LogP contribution in [0.4, 0.5) is 0 Å². The number of carbonyl (C=O) groups excluding carboxylic acids is 1.